The molecule has 0 N–H and O–H groups in total. The highest BCUT2D eigenvalue weighted by Crippen LogP contribution is 2.17. The minimum Gasteiger partial charge on any atom is -0.379 e. The SMILES string of the molecule is CC(C)(C)CCOCCOP. The summed E-state index contributed by atoms with van der Waals surface area (Å²) in [6.07, 6.45) is 1.10. The van der Waals surface area contributed by atoms with Gasteiger partial charge in [0.1, 0.15) is 0 Å². The quantitative estimate of drug-likeness (QED) is 0.475. The van der Waals surface area contributed by atoms with Crippen molar-refractivity contribution in [2.75, 3.05) is 19.8 Å². The van der Waals surface area contributed by atoms with Gasteiger partial charge in [-0.2, -0.15) is 0 Å². The molecular formula is C8H19O2P. The Balaban J connectivity index is 3.02. The van der Waals surface area contributed by atoms with Crippen LogP contribution in [0.25, 0.3) is 0 Å². The van der Waals surface area contributed by atoms with Crippen LogP contribution in [0, 0.1) is 5.41 Å². The average Bonchev–Trinajstić information content (AvgIpc) is 1.85. The fourth-order valence-electron chi connectivity index (χ4n) is 0.587. The van der Waals surface area contributed by atoms with E-state index in [-0.39, 0.29) is 0 Å². The van der Waals surface area contributed by atoms with Crippen molar-refractivity contribution < 1.29 is 9.26 Å². The predicted molar refractivity (Wildman–Crippen MR) is 50.6 cm³/mol. The molecular weight excluding hydrogens is 159 g/mol. The van der Waals surface area contributed by atoms with Gasteiger partial charge in [-0.3, -0.25) is 0 Å². The molecule has 1 unspecified atom stereocenters. The van der Waals surface area contributed by atoms with E-state index in [9.17, 15) is 0 Å². The van der Waals surface area contributed by atoms with Crippen LogP contribution in [0.15, 0.2) is 0 Å². The average molecular weight is 178 g/mol. The Labute approximate surface area is 71.9 Å². The highest BCUT2D eigenvalue weighted by Gasteiger charge is 2.08. The van der Waals surface area contributed by atoms with Crippen LogP contribution in [-0.2, 0) is 9.26 Å². The Kier molecular flexibility index (Phi) is 6.12. The lowest BCUT2D eigenvalue weighted by molar-refractivity contribution is 0.0867. The third-order valence-corrected chi connectivity index (χ3v) is 1.58. The van der Waals surface area contributed by atoms with Gasteiger partial charge in [-0.25, -0.2) is 0 Å². The van der Waals surface area contributed by atoms with E-state index in [0.717, 1.165) is 13.0 Å². The van der Waals surface area contributed by atoms with E-state index in [1.165, 1.54) is 0 Å². The van der Waals surface area contributed by atoms with Crippen LogP contribution in [0.5, 0.6) is 0 Å². The summed E-state index contributed by atoms with van der Waals surface area (Å²) in [4.78, 5) is 0. The first kappa shape index (κ1) is 11.4. The third-order valence-electron chi connectivity index (χ3n) is 1.34. The summed E-state index contributed by atoms with van der Waals surface area (Å²) < 4.78 is 10.1. The van der Waals surface area contributed by atoms with E-state index >= 15 is 0 Å². The molecule has 11 heavy (non-hydrogen) atoms. The second-order valence-electron chi connectivity index (χ2n) is 3.79. The molecule has 68 valence electrons. The number of hydrogen-bond donors (Lipinski definition) is 0. The third kappa shape index (κ3) is 10.4. The minimum absolute atomic E-state index is 0.377. The molecule has 0 aliphatic carbocycles. The van der Waals surface area contributed by atoms with Gasteiger partial charge >= 0.3 is 0 Å². The van der Waals surface area contributed by atoms with Crippen molar-refractivity contribution in [2.45, 2.75) is 27.2 Å². The molecule has 0 bridgehead atoms. The number of rotatable bonds is 5. The van der Waals surface area contributed by atoms with Crippen LogP contribution in [0.3, 0.4) is 0 Å². The maximum atomic E-state index is 5.31. The lowest BCUT2D eigenvalue weighted by Crippen LogP contribution is -2.11. The van der Waals surface area contributed by atoms with Crippen LogP contribution < -0.4 is 0 Å². The maximum Gasteiger partial charge on any atom is 0.0736 e. The van der Waals surface area contributed by atoms with Gasteiger partial charge in [0.05, 0.1) is 13.2 Å². The summed E-state index contributed by atoms with van der Waals surface area (Å²) in [5, 5.41) is 0. The van der Waals surface area contributed by atoms with E-state index in [0.29, 0.717) is 18.6 Å². The minimum atomic E-state index is 0.377. The molecule has 0 saturated carbocycles. The molecule has 0 aromatic rings. The summed E-state index contributed by atoms with van der Waals surface area (Å²) in [7, 11) is 2.21. The molecule has 0 rings (SSSR count). The molecule has 0 spiro atoms. The molecule has 0 aliphatic heterocycles. The van der Waals surface area contributed by atoms with Gasteiger partial charge in [0.25, 0.3) is 0 Å². The molecule has 0 fully saturated rings. The topological polar surface area (TPSA) is 18.5 Å². The predicted octanol–water partition coefficient (Wildman–Crippen LogP) is 2.25. The van der Waals surface area contributed by atoms with Gasteiger partial charge in [-0.05, 0) is 11.8 Å². The molecule has 0 heterocycles. The van der Waals surface area contributed by atoms with Gasteiger partial charge in [0, 0.05) is 16.1 Å². The van der Waals surface area contributed by atoms with Crippen molar-refractivity contribution in [1.82, 2.24) is 0 Å². The lowest BCUT2D eigenvalue weighted by atomic mass is 9.93. The van der Waals surface area contributed by atoms with Crippen LogP contribution >= 0.6 is 9.47 Å². The van der Waals surface area contributed by atoms with Crippen molar-refractivity contribution in [3.05, 3.63) is 0 Å². The van der Waals surface area contributed by atoms with E-state index in [1.807, 2.05) is 0 Å². The van der Waals surface area contributed by atoms with Crippen molar-refractivity contribution in [1.29, 1.82) is 0 Å². The standard InChI is InChI=1S/C8H19O2P/c1-8(2,3)4-5-9-6-7-10-11/h4-7,11H2,1-3H3. The van der Waals surface area contributed by atoms with Gasteiger partial charge in [0.15, 0.2) is 0 Å². The first-order chi connectivity index (χ1) is 5.06. The van der Waals surface area contributed by atoms with Crippen molar-refractivity contribution in [3.8, 4) is 0 Å². The van der Waals surface area contributed by atoms with Crippen LogP contribution in [0.1, 0.15) is 27.2 Å². The normalized spacial score (nSPS) is 12.0. The molecule has 0 radical (unpaired) electrons. The summed E-state index contributed by atoms with van der Waals surface area (Å²) in [6.45, 7) is 8.82. The lowest BCUT2D eigenvalue weighted by Gasteiger charge is -2.17. The number of ether oxygens (including phenoxy) is 1. The zero-order valence-electron chi connectivity index (χ0n) is 7.72. The van der Waals surface area contributed by atoms with Crippen LogP contribution in [0.4, 0.5) is 0 Å². The molecule has 0 saturated heterocycles. The fraction of sp³-hybridized carbons (Fsp3) is 1.00. The summed E-state index contributed by atoms with van der Waals surface area (Å²) in [5.74, 6) is 0. The second kappa shape index (κ2) is 5.93. The van der Waals surface area contributed by atoms with Gasteiger partial charge in [0.2, 0.25) is 0 Å². The molecule has 0 aromatic carbocycles. The highest BCUT2D eigenvalue weighted by atomic mass is 31.0. The number of hydrogen-bond acceptors (Lipinski definition) is 2. The summed E-state index contributed by atoms with van der Waals surface area (Å²) in [5.41, 5.74) is 0.377. The smallest absolute Gasteiger partial charge is 0.0736 e. The Morgan fingerprint density at radius 1 is 1.09 bits per heavy atom. The van der Waals surface area contributed by atoms with E-state index in [2.05, 4.69) is 30.2 Å². The van der Waals surface area contributed by atoms with E-state index in [4.69, 9.17) is 9.26 Å². The molecule has 0 aliphatic rings. The second-order valence-corrected chi connectivity index (χ2v) is 4.13. The van der Waals surface area contributed by atoms with Crippen molar-refractivity contribution in [3.63, 3.8) is 0 Å². The molecule has 0 aromatic heterocycles. The van der Waals surface area contributed by atoms with Crippen LogP contribution in [0.2, 0.25) is 0 Å². The molecule has 1 atom stereocenters. The fourth-order valence-corrected chi connectivity index (χ4v) is 0.684. The van der Waals surface area contributed by atoms with Gasteiger partial charge in [-0.15, -0.1) is 0 Å². The van der Waals surface area contributed by atoms with E-state index < -0.39 is 0 Å². The first-order valence-electron chi connectivity index (χ1n) is 3.96. The molecule has 3 heteroatoms. The first-order valence-corrected chi connectivity index (χ1v) is 4.43. The molecule has 0 amide bonds. The Morgan fingerprint density at radius 2 is 1.73 bits per heavy atom. The summed E-state index contributed by atoms with van der Waals surface area (Å²) >= 11 is 0. The van der Waals surface area contributed by atoms with Gasteiger partial charge in [-0.1, -0.05) is 20.8 Å². The Morgan fingerprint density at radius 3 is 2.18 bits per heavy atom. The maximum absolute atomic E-state index is 5.31. The van der Waals surface area contributed by atoms with Crippen molar-refractivity contribution in [2.24, 2.45) is 5.41 Å². The molecule has 2 nitrogen and oxygen atoms in total. The van der Waals surface area contributed by atoms with Gasteiger partial charge < -0.3 is 9.26 Å². The largest absolute Gasteiger partial charge is 0.379 e. The monoisotopic (exact) mass is 178 g/mol. The Hall–Kier alpha value is 0.350. The zero-order chi connectivity index (χ0) is 8.74. The Bertz CT molecular complexity index is 88.6. The van der Waals surface area contributed by atoms with Crippen molar-refractivity contribution >= 4 is 9.47 Å². The highest BCUT2D eigenvalue weighted by molar-refractivity contribution is 7.09. The van der Waals surface area contributed by atoms with E-state index in [1.54, 1.807) is 0 Å². The summed E-state index contributed by atoms with van der Waals surface area (Å²) in [6, 6.07) is 0. The van der Waals surface area contributed by atoms with Crippen LogP contribution in [-0.4, -0.2) is 19.8 Å². The zero-order valence-corrected chi connectivity index (χ0v) is 8.88.